The Morgan fingerprint density at radius 2 is 1.64 bits per heavy atom. The van der Waals surface area contributed by atoms with E-state index in [0.29, 0.717) is 6.42 Å². The molecule has 9 nitrogen and oxygen atoms in total. The molecule has 0 aliphatic heterocycles. The summed E-state index contributed by atoms with van der Waals surface area (Å²) in [4.78, 5) is 47.1. The molecule has 1 aromatic carbocycles. The van der Waals surface area contributed by atoms with E-state index < -0.39 is 48.3 Å². The molecule has 1 aromatic rings. The highest BCUT2D eigenvalue weighted by Crippen LogP contribution is 2.10. The second-order valence-corrected chi connectivity index (χ2v) is 6.67. The average Bonchev–Trinajstić information content (AvgIpc) is 2.64. The monoisotopic (exact) mass is 393 g/mol. The fourth-order valence-corrected chi connectivity index (χ4v) is 2.56. The fourth-order valence-electron chi connectivity index (χ4n) is 2.56. The molecule has 2 amide bonds. The third-order valence-electron chi connectivity index (χ3n) is 4.42. The molecule has 4 unspecified atom stereocenters. The Balaban J connectivity index is 2.98. The quantitative estimate of drug-likeness (QED) is 0.357. The van der Waals surface area contributed by atoms with Gasteiger partial charge in [-0.3, -0.25) is 14.4 Å². The van der Waals surface area contributed by atoms with Crippen molar-refractivity contribution in [2.45, 2.75) is 51.2 Å². The van der Waals surface area contributed by atoms with Crippen molar-refractivity contribution < 1.29 is 29.4 Å². The summed E-state index contributed by atoms with van der Waals surface area (Å²) < 4.78 is 0. The minimum Gasteiger partial charge on any atom is -0.481 e. The molecule has 6 N–H and O–H groups in total. The lowest BCUT2D eigenvalue weighted by atomic mass is 9.98. The van der Waals surface area contributed by atoms with Crippen molar-refractivity contribution >= 4 is 23.8 Å². The molecule has 0 bridgehead atoms. The van der Waals surface area contributed by atoms with Crippen LogP contribution in [0.4, 0.5) is 0 Å². The molecule has 0 aromatic heterocycles. The SMILES string of the molecule is CCC(C)C(NC(=O)C(Cc1ccccc1)NC(=O)C(N)CC(=O)O)C(=O)O. The summed E-state index contributed by atoms with van der Waals surface area (Å²) in [5.74, 6) is -4.20. The van der Waals surface area contributed by atoms with E-state index in [2.05, 4.69) is 10.6 Å². The Kier molecular flexibility index (Phi) is 9.10. The molecule has 28 heavy (non-hydrogen) atoms. The Morgan fingerprint density at radius 1 is 1.04 bits per heavy atom. The van der Waals surface area contributed by atoms with Gasteiger partial charge in [0.2, 0.25) is 11.8 Å². The van der Waals surface area contributed by atoms with E-state index >= 15 is 0 Å². The lowest BCUT2D eigenvalue weighted by Gasteiger charge is -2.25. The average molecular weight is 393 g/mol. The van der Waals surface area contributed by atoms with Gasteiger partial charge in [-0.1, -0.05) is 50.6 Å². The number of aliphatic carboxylic acids is 2. The van der Waals surface area contributed by atoms with Gasteiger partial charge in [-0.05, 0) is 11.5 Å². The number of amides is 2. The van der Waals surface area contributed by atoms with Crippen LogP contribution in [0.25, 0.3) is 0 Å². The smallest absolute Gasteiger partial charge is 0.326 e. The van der Waals surface area contributed by atoms with Gasteiger partial charge < -0.3 is 26.6 Å². The van der Waals surface area contributed by atoms with Gasteiger partial charge in [-0.25, -0.2) is 4.79 Å². The summed E-state index contributed by atoms with van der Waals surface area (Å²) in [6.07, 6.45) is 0.0532. The van der Waals surface area contributed by atoms with Gasteiger partial charge in [0.1, 0.15) is 12.1 Å². The number of benzene rings is 1. The van der Waals surface area contributed by atoms with Crippen LogP contribution in [0.5, 0.6) is 0 Å². The fraction of sp³-hybridized carbons (Fsp3) is 0.474. The van der Waals surface area contributed by atoms with Crippen molar-refractivity contribution in [3.8, 4) is 0 Å². The highest BCUT2D eigenvalue weighted by atomic mass is 16.4. The van der Waals surface area contributed by atoms with Crippen LogP contribution in [-0.2, 0) is 25.6 Å². The molecule has 154 valence electrons. The number of nitrogens with two attached hydrogens (primary N) is 1. The van der Waals surface area contributed by atoms with Gasteiger partial charge in [-0.2, -0.15) is 0 Å². The van der Waals surface area contributed by atoms with Crippen molar-refractivity contribution in [1.29, 1.82) is 0 Å². The minimum atomic E-state index is -1.33. The molecule has 0 fully saturated rings. The van der Waals surface area contributed by atoms with E-state index in [1.807, 2.05) is 0 Å². The summed E-state index contributed by atoms with van der Waals surface area (Å²) in [5.41, 5.74) is 6.30. The van der Waals surface area contributed by atoms with Gasteiger partial charge in [0.05, 0.1) is 12.5 Å². The van der Waals surface area contributed by atoms with Crippen LogP contribution in [0.1, 0.15) is 32.3 Å². The molecule has 0 saturated heterocycles. The van der Waals surface area contributed by atoms with E-state index in [9.17, 15) is 24.3 Å². The van der Waals surface area contributed by atoms with Crippen molar-refractivity contribution in [2.24, 2.45) is 11.7 Å². The molecule has 4 atom stereocenters. The minimum absolute atomic E-state index is 0.102. The van der Waals surface area contributed by atoms with E-state index in [1.54, 1.807) is 44.2 Å². The third-order valence-corrected chi connectivity index (χ3v) is 4.42. The summed E-state index contributed by atoms with van der Waals surface area (Å²) >= 11 is 0. The summed E-state index contributed by atoms with van der Waals surface area (Å²) in [6, 6.07) is 5.31. The second-order valence-electron chi connectivity index (χ2n) is 6.67. The Hall–Kier alpha value is -2.94. The zero-order valence-electron chi connectivity index (χ0n) is 15.9. The van der Waals surface area contributed by atoms with Gasteiger partial charge in [-0.15, -0.1) is 0 Å². The maximum Gasteiger partial charge on any atom is 0.326 e. The van der Waals surface area contributed by atoms with E-state index in [4.69, 9.17) is 10.8 Å². The number of hydrogen-bond donors (Lipinski definition) is 5. The number of hydrogen-bond acceptors (Lipinski definition) is 5. The summed E-state index contributed by atoms with van der Waals surface area (Å²) in [5, 5.41) is 23.1. The first kappa shape index (κ1) is 23.1. The third kappa shape index (κ3) is 7.36. The van der Waals surface area contributed by atoms with Gasteiger partial charge in [0.15, 0.2) is 0 Å². The number of carbonyl (C=O) groups is 4. The zero-order valence-corrected chi connectivity index (χ0v) is 15.9. The number of carboxylic acid groups (broad SMARTS) is 2. The first-order chi connectivity index (χ1) is 13.1. The van der Waals surface area contributed by atoms with Gasteiger partial charge in [0.25, 0.3) is 0 Å². The summed E-state index contributed by atoms with van der Waals surface area (Å²) in [6.45, 7) is 3.51. The Bertz CT molecular complexity index is 694. The maximum atomic E-state index is 12.7. The Labute approximate surface area is 163 Å². The van der Waals surface area contributed by atoms with Crippen molar-refractivity contribution in [1.82, 2.24) is 10.6 Å². The van der Waals surface area contributed by atoms with E-state index in [0.717, 1.165) is 5.56 Å². The predicted octanol–water partition coefficient (Wildman–Crippen LogP) is 0.131. The normalized spacial score (nSPS) is 15.0. The second kappa shape index (κ2) is 11.0. The van der Waals surface area contributed by atoms with Crippen molar-refractivity contribution in [3.63, 3.8) is 0 Å². The van der Waals surface area contributed by atoms with E-state index in [1.165, 1.54) is 0 Å². The van der Waals surface area contributed by atoms with Crippen LogP contribution >= 0.6 is 0 Å². The zero-order chi connectivity index (χ0) is 21.3. The number of carboxylic acids is 2. The van der Waals surface area contributed by atoms with Crippen molar-refractivity contribution in [3.05, 3.63) is 35.9 Å². The summed E-state index contributed by atoms with van der Waals surface area (Å²) in [7, 11) is 0. The molecule has 0 aliphatic carbocycles. The molecule has 0 saturated carbocycles. The number of carbonyl (C=O) groups excluding carboxylic acids is 2. The lowest BCUT2D eigenvalue weighted by Crippen LogP contribution is -2.56. The predicted molar refractivity (Wildman–Crippen MR) is 101 cm³/mol. The van der Waals surface area contributed by atoms with Gasteiger partial charge in [0, 0.05) is 6.42 Å². The molecule has 0 aliphatic rings. The number of rotatable bonds is 11. The van der Waals surface area contributed by atoms with E-state index in [-0.39, 0.29) is 12.3 Å². The van der Waals surface area contributed by atoms with Crippen LogP contribution in [0.15, 0.2) is 30.3 Å². The van der Waals surface area contributed by atoms with Crippen LogP contribution in [-0.4, -0.2) is 52.1 Å². The van der Waals surface area contributed by atoms with Crippen LogP contribution in [0.3, 0.4) is 0 Å². The largest absolute Gasteiger partial charge is 0.481 e. The van der Waals surface area contributed by atoms with Gasteiger partial charge >= 0.3 is 11.9 Å². The topological polar surface area (TPSA) is 159 Å². The van der Waals surface area contributed by atoms with Crippen LogP contribution < -0.4 is 16.4 Å². The van der Waals surface area contributed by atoms with Crippen LogP contribution in [0, 0.1) is 5.92 Å². The number of nitrogens with one attached hydrogen (secondary N) is 2. The molecular weight excluding hydrogens is 366 g/mol. The molecule has 0 heterocycles. The molecule has 0 spiro atoms. The molecule has 0 radical (unpaired) electrons. The lowest BCUT2D eigenvalue weighted by molar-refractivity contribution is -0.144. The molecular formula is C19H27N3O6. The van der Waals surface area contributed by atoms with Crippen molar-refractivity contribution in [2.75, 3.05) is 0 Å². The first-order valence-electron chi connectivity index (χ1n) is 9.00. The van der Waals surface area contributed by atoms with Crippen LogP contribution in [0.2, 0.25) is 0 Å². The highest BCUT2D eigenvalue weighted by Gasteiger charge is 2.30. The Morgan fingerprint density at radius 3 is 2.14 bits per heavy atom. The standard InChI is InChI=1S/C19H27N3O6/c1-3-11(2)16(19(27)28)22-18(26)14(9-12-7-5-4-6-8-12)21-17(25)13(20)10-15(23)24/h4-8,11,13-14,16H,3,9-10,20H2,1-2H3,(H,21,25)(H,22,26)(H,23,24)(H,27,28). The molecule has 9 heteroatoms. The maximum absolute atomic E-state index is 12.7. The molecule has 1 rings (SSSR count). The first-order valence-corrected chi connectivity index (χ1v) is 9.00. The highest BCUT2D eigenvalue weighted by molar-refractivity contribution is 5.93.